The molecule has 0 bridgehead atoms. The summed E-state index contributed by atoms with van der Waals surface area (Å²) in [6, 6.07) is 9.93. The van der Waals surface area contributed by atoms with Gasteiger partial charge in [-0.15, -0.1) is 0 Å². The molecule has 2 aliphatic rings. The van der Waals surface area contributed by atoms with Crippen LogP contribution in [0, 0.1) is 17.2 Å². The van der Waals surface area contributed by atoms with E-state index in [0.29, 0.717) is 5.92 Å². The number of aromatic nitrogens is 2. The lowest BCUT2D eigenvalue weighted by atomic mass is 9.86. The predicted molar refractivity (Wildman–Crippen MR) is 114 cm³/mol. The summed E-state index contributed by atoms with van der Waals surface area (Å²) in [5, 5.41) is 12.3. The van der Waals surface area contributed by atoms with Gasteiger partial charge in [-0.3, -0.25) is 4.79 Å². The Labute approximate surface area is 173 Å². The Bertz CT molecular complexity index is 913. The van der Waals surface area contributed by atoms with Crippen LogP contribution in [0.1, 0.15) is 75.4 Å². The molecule has 0 saturated heterocycles. The van der Waals surface area contributed by atoms with Crippen molar-refractivity contribution in [2.45, 2.75) is 76.7 Å². The minimum atomic E-state index is -0.527. The standard InChI is InChI=1S/C24H30N4O/c1-24(2,16-25)19-8-10-20(11-9-19)27-23(29)18-12-13-28-21(14-18)15-26-22(28)17-6-4-3-5-7-17/h8-11,15,17-18H,3-7,12-14H2,1-2H3,(H,27,29)/t18-/m1/s1. The maximum absolute atomic E-state index is 12.8. The lowest BCUT2D eigenvalue weighted by molar-refractivity contribution is -0.120. The molecule has 1 saturated carbocycles. The van der Waals surface area contributed by atoms with Crippen LogP contribution in [0.5, 0.6) is 0 Å². The molecule has 1 atom stereocenters. The second-order valence-corrected chi connectivity index (χ2v) is 9.09. The van der Waals surface area contributed by atoms with Gasteiger partial charge in [-0.05, 0) is 50.8 Å². The molecule has 1 aromatic heterocycles. The van der Waals surface area contributed by atoms with Crippen molar-refractivity contribution in [3.8, 4) is 6.07 Å². The van der Waals surface area contributed by atoms with Gasteiger partial charge >= 0.3 is 0 Å². The van der Waals surface area contributed by atoms with Crippen LogP contribution in [0.2, 0.25) is 0 Å². The number of carbonyl (C=O) groups excluding carboxylic acids is 1. The highest BCUT2D eigenvalue weighted by Crippen LogP contribution is 2.34. The van der Waals surface area contributed by atoms with E-state index in [1.807, 2.05) is 44.3 Å². The second-order valence-electron chi connectivity index (χ2n) is 9.09. The van der Waals surface area contributed by atoms with Crippen LogP contribution in [-0.4, -0.2) is 15.5 Å². The van der Waals surface area contributed by atoms with Gasteiger partial charge in [0.25, 0.3) is 0 Å². The summed E-state index contributed by atoms with van der Waals surface area (Å²) < 4.78 is 2.37. The Morgan fingerprint density at radius 3 is 2.59 bits per heavy atom. The number of nitrogens with zero attached hydrogens (tertiary/aromatic N) is 3. The van der Waals surface area contributed by atoms with Crippen molar-refractivity contribution in [2.75, 3.05) is 5.32 Å². The van der Waals surface area contributed by atoms with Crippen LogP contribution >= 0.6 is 0 Å². The molecule has 29 heavy (non-hydrogen) atoms. The molecule has 4 rings (SSSR count). The van der Waals surface area contributed by atoms with E-state index in [4.69, 9.17) is 4.98 Å². The highest BCUT2D eigenvalue weighted by atomic mass is 16.1. The zero-order chi connectivity index (χ0) is 20.4. The number of imidazole rings is 1. The minimum absolute atomic E-state index is 0.0198. The summed E-state index contributed by atoms with van der Waals surface area (Å²) in [5.74, 6) is 1.89. The number of nitrogens with one attached hydrogen (secondary N) is 1. The third kappa shape index (κ3) is 4.07. The lowest BCUT2D eigenvalue weighted by Crippen LogP contribution is -2.31. The molecule has 0 unspecified atom stereocenters. The maximum atomic E-state index is 12.8. The molecule has 1 aliphatic heterocycles. The van der Waals surface area contributed by atoms with Gasteiger partial charge in [-0.25, -0.2) is 4.98 Å². The van der Waals surface area contributed by atoms with Crippen molar-refractivity contribution in [1.82, 2.24) is 9.55 Å². The number of carbonyl (C=O) groups is 1. The average molecular weight is 391 g/mol. The molecule has 5 nitrogen and oxygen atoms in total. The van der Waals surface area contributed by atoms with Gasteiger partial charge in [0.1, 0.15) is 5.82 Å². The molecule has 2 aromatic rings. The van der Waals surface area contributed by atoms with Crippen LogP contribution in [0.4, 0.5) is 5.69 Å². The van der Waals surface area contributed by atoms with Crippen molar-refractivity contribution < 1.29 is 4.79 Å². The quantitative estimate of drug-likeness (QED) is 0.804. The predicted octanol–water partition coefficient (Wildman–Crippen LogP) is 4.93. The van der Waals surface area contributed by atoms with Crippen molar-refractivity contribution in [2.24, 2.45) is 5.92 Å². The Hall–Kier alpha value is -2.61. The van der Waals surface area contributed by atoms with E-state index in [2.05, 4.69) is 16.0 Å². The molecule has 1 fully saturated rings. The van der Waals surface area contributed by atoms with Crippen LogP contribution in [-0.2, 0) is 23.2 Å². The smallest absolute Gasteiger partial charge is 0.227 e. The zero-order valence-electron chi connectivity index (χ0n) is 17.4. The molecule has 0 spiro atoms. The normalized spacial score (nSPS) is 20.0. The summed E-state index contributed by atoms with van der Waals surface area (Å²) in [6.07, 6.45) is 10.1. The molecule has 152 valence electrons. The SMILES string of the molecule is CC(C)(C#N)c1ccc(NC(=O)[C@@H]2CCn3c(cnc3C3CCCCC3)C2)cc1. The van der Waals surface area contributed by atoms with Crippen LogP contribution in [0.3, 0.4) is 0 Å². The Morgan fingerprint density at radius 2 is 1.90 bits per heavy atom. The largest absolute Gasteiger partial charge is 0.332 e. The molecule has 5 heteroatoms. The van der Waals surface area contributed by atoms with Gasteiger partial charge in [-0.2, -0.15) is 5.26 Å². The van der Waals surface area contributed by atoms with E-state index in [0.717, 1.165) is 30.6 Å². The highest BCUT2D eigenvalue weighted by molar-refractivity contribution is 5.92. The number of benzene rings is 1. The number of fused-ring (bicyclic) bond motifs is 1. The van der Waals surface area contributed by atoms with Crippen LogP contribution in [0.25, 0.3) is 0 Å². The summed E-state index contributed by atoms with van der Waals surface area (Å²) in [5.41, 5.74) is 2.41. The Kier molecular flexibility index (Phi) is 5.45. The van der Waals surface area contributed by atoms with Gasteiger partial charge in [0.05, 0.1) is 11.5 Å². The van der Waals surface area contributed by atoms with Gasteiger partial charge < -0.3 is 9.88 Å². The molecule has 1 N–H and O–H groups in total. The molecule has 1 aromatic carbocycles. The number of hydrogen-bond acceptors (Lipinski definition) is 3. The Balaban J connectivity index is 1.40. The lowest BCUT2D eigenvalue weighted by Gasteiger charge is -2.27. The number of nitriles is 1. The first-order valence-electron chi connectivity index (χ1n) is 10.8. The monoisotopic (exact) mass is 390 g/mol. The third-order valence-electron chi connectivity index (χ3n) is 6.62. The number of anilines is 1. The first-order chi connectivity index (χ1) is 14.0. The second kappa shape index (κ2) is 8.02. The van der Waals surface area contributed by atoms with E-state index in [9.17, 15) is 10.1 Å². The summed E-state index contributed by atoms with van der Waals surface area (Å²) in [6.45, 7) is 4.68. The van der Waals surface area contributed by atoms with Crippen molar-refractivity contribution >= 4 is 11.6 Å². The fourth-order valence-corrected chi connectivity index (χ4v) is 4.68. The topological polar surface area (TPSA) is 70.7 Å². The molecule has 2 heterocycles. The number of amides is 1. The van der Waals surface area contributed by atoms with Gasteiger partial charge in [-0.1, -0.05) is 31.4 Å². The number of hydrogen-bond donors (Lipinski definition) is 1. The fourth-order valence-electron chi connectivity index (χ4n) is 4.68. The molecule has 1 aliphatic carbocycles. The molecular formula is C24H30N4O. The first kappa shape index (κ1) is 19.7. The molecular weight excluding hydrogens is 360 g/mol. The van der Waals surface area contributed by atoms with Crippen LogP contribution < -0.4 is 5.32 Å². The van der Waals surface area contributed by atoms with Gasteiger partial charge in [0, 0.05) is 42.4 Å². The highest BCUT2D eigenvalue weighted by Gasteiger charge is 2.29. The first-order valence-corrected chi connectivity index (χ1v) is 10.8. The Morgan fingerprint density at radius 1 is 1.17 bits per heavy atom. The van der Waals surface area contributed by atoms with E-state index >= 15 is 0 Å². The third-order valence-corrected chi connectivity index (χ3v) is 6.62. The van der Waals surface area contributed by atoms with E-state index < -0.39 is 5.41 Å². The van der Waals surface area contributed by atoms with E-state index in [1.54, 1.807) is 0 Å². The summed E-state index contributed by atoms with van der Waals surface area (Å²) in [7, 11) is 0. The molecule has 1 amide bonds. The fraction of sp³-hybridized carbons (Fsp3) is 0.542. The van der Waals surface area contributed by atoms with Crippen molar-refractivity contribution in [1.29, 1.82) is 5.26 Å². The maximum Gasteiger partial charge on any atom is 0.227 e. The summed E-state index contributed by atoms with van der Waals surface area (Å²) >= 11 is 0. The van der Waals surface area contributed by atoms with Gasteiger partial charge in [0.2, 0.25) is 5.91 Å². The van der Waals surface area contributed by atoms with Crippen molar-refractivity contribution in [3.05, 3.63) is 47.5 Å². The van der Waals surface area contributed by atoms with Crippen molar-refractivity contribution in [3.63, 3.8) is 0 Å². The molecule has 0 radical (unpaired) electrons. The average Bonchev–Trinajstić information content (AvgIpc) is 3.18. The minimum Gasteiger partial charge on any atom is -0.332 e. The summed E-state index contributed by atoms with van der Waals surface area (Å²) in [4.78, 5) is 17.6. The van der Waals surface area contributed by atoms with E-state index in [-0.39, 0.29) is 11.8 Å². The van der Waals surface area contributed by atoms with Crippen LogP contribution in [0.15, 0.2) is 30.5 Å². The number of rotatable bonds is 4. The van der Waals surface area contributed by atoms with E-state index in [1.165, 1.54) is 43.6 Å². The van der Waals surface area contributed by atoms with Gasteiger partial charge in [0.15, 0.2) is 0 Å². The zero-order valence-corrected chi connectivity index (χ0v) is 17.4.